The number of fused-ring (bicyclic) bond motifs is 8. The molecule has 0 aliphatic rings. The standard InChI is InChI=1S/C28H16N4O3/c1-2-35-21-13-16-22-14(27(33)31-19-9-5-3-7-17(19)29-25(16)31)11-12-15-23(22)24(21)26-30-18-8-4-6-10-20(18)32(26)28(15)34/h3-13H,2H2,1H3. The Hall–Kier alpha value is -4.78. The zero-order chi connectivity index (χ0) is 23.4. The predicted molar refractivity (Wildman–Crippen MR) is 138 cm³/mol. The summed E-state index contributed by atoms with van der Waals surface area (Å²) in [6.45, 7) is 2.37. The van der Waals surface area contributed by atoms with Gasteiger partial charge in [0.15, 0.2) is 5.65 Å². The van der Waals surface area contributed by atoms with Crippen LogP contribution in [0.15, 0.2) is 76.3 Å². The number of hydrogen-bond donors (Lipinski definition) is 0. The van der Waals surface area contributed by atoms with Gasteiger partial charge in [0.25, 0.3) is 11.1 Å². The third-order valence-electron chi connectivity index (χ3n) is 7.00. The van der Waals surface area contributed by atoms with Crippen molar-refractivity contribution in [3.05, 3.63) is 87.4 Å². The number of benzene rings is 4. The number of ether oxygens (including phenoxy) is 1. The Morgan fingerprint density at radius 2 is 1.26 bits per heavy atom. The van der Waals surface area contributed by atoms with Gasteiger partial charge in [-0.15, -0.1) is 0 Å². The molecule has 4 aromatic carbocycles. The van der Waals surface area contributed by atoms with Gasteiger partial charge in [0.2, 0.25) is 0 Å². The number of hydrogen-bond acceptors (Lipinski definition) is 5. The molecule has 35 heavy (non-hydrogen) atoms. The molecule has 0 bridgehead atoms. The second kappa shape index (κ2) is 6.21. The van der Waals surface area contributed by atoms with E-state index in [1.54, 1.807) is 20.9 Å². The number of para-hydroxylation sites is 4. The number of rotatable bonds is 2. The van der Waals surface area contributed by atoms with Gasteiger partial charge in [-0.3, -0.25) is 18.4 Å². The normalized spacial score (nSPS) is 12.5. The lowest BCUT2D eigenvalue weighted by Gasteiger charge is -2.15. The second-order valence-corrected chi connectivity index (χ2v) is 8.77. The summed E-state index contributed by atoms with van der Waals surface area (Å²) in [6, 6.07) is 20.6. The first-order valence-electron chi connectivity index (χ1n) is 11.5. The molecule has 7 heteroatoms. The van der Waals surface area contributed by atoms with Crippen molar-refractivity contribution >= 4 is 65.7 Å². The van der Waals surface area contributed by atoms with E-state index < -0.39 is 0 Å². The molecule has 4 aromatic heterocycles. The van der Waals surface area contributed by atoms with Crippen molar-refractivity contribution < 1.29 is 4.74 Å². The summed E-state index contributed by atoms with van der Waals surface area (Å²) in [5, 5.41) is 3.99. The van der Waals surface area contributed by atoms with E-state index in [4.69, 9.17) is 14.7 Å². The summed E-state index contributed by atoms with van der Waals surface area (Å²) < 4.78 is 9.46. The first-order chi connectivity index (χ1) is 17.2. The molecule has 166 valence electrons. The topological polar surface area (TPSA) is 78.0 Å². The number of nitrogens with zero attached hydrogens (tertiary/aromatic N) is 4. The Bertz CT molecular complexity index is 2280. The molecule has 0 N–H and O–H groups in total. The molecular formula is C28H16N4O3. The smallest absolute Gasteiger partial charge is 0.264 e. The monoisotopic (exact) mass is 456 g/mol. The fraction of sp³-hybridized carbons (Fsp3) is 0.0714. The van der Waals surface area contributed by atoms with Gasteiger partial charge in [0, 0.05) is 26.9 Å². The van der Waals surface area contributed by atoms with Gasteiger partial charge >= 0.3 is 0 Å². The van der Waals surface area contributed by atoms with Crippen molar-refractivity contribution in [1.29, 1.82) is 0 Å². The quantitative estimate of drug-likeness (QED) is 0.351. The van der Waals surface area contributed by atoms with Crippen LogP contribution in [0.25, 0.3) is 65.7 Å². The highest BCUT2D eigenvalue weighted by molar-refractivity contribution is 6.29. The SMILES string of the molecule is CCOc1cc2c3c(ccc4c(=O)n5c6ccccc6nc5c1c43)c(=O)n1c3ccccc3nc21. The van der Waals surface area contributed by atoms with Gasteiger partial charge in [-0.1, -0.05) is 24.3 Å². The van der Waals surface area contributed by atoms with Crippen LogP contribution in [-0.4, -0.2) is 25.4 Å². The molecular weight excluding hydrogens is 440 g/mol. The van der Waals surface area contributed by atoms with E-state index in [-0.39, 0.29) is 11.1 Å². The Morgan fingerprint density at radius 1 is 0.686 bits per heavy atom. The molecule has 0 saturated carbocycles. The average Bonchev–Trinajstić information content (AvgIpc) is 3.46. The maximum atomic E-state index is 13.8. The Labute approximate surface area is 196 Å². The fourth-order valence-electron chi connectivity index (χ4n) is 5.62. The minimum atomic E-state index is -0.168. The lowest BCUT2D eigenvalue weighted by Crippen LogP contribution is -2.17. The minimum Gasteiger partial charge on any atom is -0.493 e. The summed E-state index contributed by atoms with van der Waals surface area (Å²) in [7, 11) is 0. The number of aromatic nitrogens is 4. The van der Waals surface area contributed by atoms with Crippen LogP contribution in [0.2, 0.25) is 0 Å². The fourth-order valence-corrected chi connectivity index (χ4v) is 5.62. The lowest BCUT2D eigenvalue weighted by molar-refractivity contribution is 0.345. The second-order valence-electron chi connectivity index (χ2n) is 8.77. The lowest BCUT2D eigenvalue weighted by atomic mass is 9.95. The van der Waals surface area contributed by atoms with Gasteiger partial charge < -0.3 is 4.74 Å². The molecule has 8 aromatic rings. The van der Waals surface area contributed by atoms with Gasteiger partial charge in [-0.05, 0) is 49.4 Å². The Balaban J connectivity index is 1.75. The van der Waals surface area contributed by atoms with E-state index in [2.05, 4.69) is 0 Å². The summed E-state index contributed by atoms with van der Waals surface area (Å²) in [5.74, 6) is 0.616. The van der Waals surface area contributed by atoms with Crippen molar-refractivity contribution in [2.45, 2.75) is 6.92 Å². The molecule has 0 fully saturated rings. The van der Waals surface area contributed by atoms with Crippen LogP contribution in [0, 0.1) is 0 Å². The molecule has 4 heterocycles. The van der Waals surface area contributed by atoms with Gasteiger partial charge in [0.1, 0.15) is 11.4 Å². The first-order valence-corrected chi connectivity index (χ1v) is 11.5. The highest BCUT2D eigenvalue weighted by Crippen LogP contribution is 2.41. The van der Waals surface area contributed by atoms with E-state index >= 15 is 0 Å². The zero-order valence-electron chi connectivity index (χ0n) is 18.6. The molecule has 0 aliphatic heterocycles. The molecule has 0 unspecified atom stereocenters. The van der Waals surface area contributed by atoms with Crippen molar-refractivity contribution in [2.24, 2.45) is 0 Å². The maximum absolute atomic E-state index is 13.8. The summed E-state index contributed by atoms with van der Waals surface area (Å²) in [4.78, 5) is 37.2. The van der Waals surface area contributed by atoms with Crippen LogP contribution in [0.4, 0.5) is 0 Å². The van der Waals surface area contributed by atoms with Crippen molar-refractivity contribution in [1.82, 2.24) is 18.8 Å². The van der Waals surface area contributed by atoms with Crippen LogP contribution in [0.1, 0.15) is 6.92 Å². The number of pyridine rings is 2. The van der Waals surface area contributed by atoms with Gasteiger partial charge in [-0.2, -0.15) is 0 Å². The van der Waals surface area contributed by atoms with Crippen LogP contribution in [0.5, 0.6) is 5.75 Å². The van der Waals surface area contributed by atoms with Gasteiger partial charge in [0.05, 0.1) is 34.1 Å². The minimum absolute atomic E-state index is 0.158. The van der Waals surface area contributed by atoms with Crippen molar-refractivity contribution in [3.63, 3.8) is 0 Å². The Morgan fingerprint density at radius 3 is 1.91 bits per heavy atom. The molecule has 0 saturated heterocycles. The Kier molecular flexibility index (Phi) is 3.30. The molecule has 0 atom stereocenters. The van der Waals surface area contributed by atoms with Crippen molar-refractivity contribution in [3.8, 4) is 5.75 Å². The van der Waals surface area contributed by atoms with E-state index in [1.165, 1.54) is 0 Å². The first kappa shape index (κ1) is 18.6. The summed E-state index contributed by atoms with van der Waals surface area (Å²) in [5.41, 5.74) is 3.72. The summed E-state index contributed by atoms with van der Waals surface area (Å²) in [6.07, 6.45) is 0. The number of imidazole rings is 2. The van der Waals surface area contributed by atoms with E-state index in [0.29, 0.717) is 39.8 Å². The van der Waals surface area contributed by atoms with Crippen molar-refractivity contribution in [2.75, 3.05) is 6.61 Å². The third-order valence-corrected chi connectivity index (χ3v) is 7.00. The summed E-state index contributed by atoms with van der Waals surface area (Å²) >= 11 is 0. The average molecular weight is 456 g/mol. The van der Waals surface area contributed by atoms with Crippen LogP contribution in [-0.2, 0) is 0 Å². The van der Waals surface area contributed by atoms with E-state index in [9.17, 15) is 9.59 Å². The highest BCUT2D eigenvalue weighted by Gasteiger charge is 2.25. The van der Waals surface area contributed by atoms with Crippen LogP contribution in [0.3, 0.4) is 0 Å². The molecule has 0 spiro atoms. The van der Waals surface area contributed by atoms with Crippen LogP contribution < -0.4 is 15.9 Å². The van der Waals surface area contributed by atoms with E-state index in [1.807, 2.05) is 61.5 Å². The molecule has 0 radical (unpaired) electrons. The molecule has 7 nitrogen and oxygen atoms in total. The predicted octanol–water partition coefficient (Wildman–Crippen LogP) is 4.74. The van der Waals surface area contributed by atoms with E-state index in [0.717, 1.165) is 38.2 Å². The maximum Gasteiger partial charge on any atom is 0.264 e. The largest absolute Gasteiger partial charge is 0.493 e. The highest BCUT2D eigenvalue weighted by atomic mass is 16.5. The van der Waals surface area contributed by atoms with Crippen LogP contribution >= 0.6 is 0 Å². The third kappa shape index (κ3) is 2.11. The zero-order valence-corrected chi connectivity index (χ0v) is 18.6. The molecule has 0 amide bonds. The van der Waals surface area contributed by atoms with Gasteiger partial charge in [-0.25, -0.2) is 9.97 Å². The molecule has 8 rings (SSSR count). The molecule has 0 aliphatic carbocycles.